The quantitative estimate of drug-likeness (QED) is 0.352. The Balaban J connectivity index is 1.65. The molecule has 2 aliphatic rings. The fourth-order valence-electron chi connectivity index (χ4n) is 4.12. The summed E-state index contributed by atoms with van der Waals surface area (Å²) in [5.41, 5.74) is 1.18. The van der Waals surface area contributed by atoms with Crippen molar-refractivity contribution in [3.63, 3.8) is 0 Å². The number of furan rings is 1. The summed E-state index contributed by atoms with van der Waals surface area (Å²) in [5.74, 6) is -1.52. The number of hydrogen-bond acceptors (Lipinski definition) is 8. The van der Waals surface area contributed by atoms with E-state index in [0.29, 0.717) is 22.6 Å². The standard InChI is InChI=1S/C25H22N2O7S/c1-3-33-25(30)17-6-4-16(5-7-17)22-9-8-19(34-22)12-20-15(2)21(13-26)24(29)27(23(20)28)18-10-11-35(31,32)14-18/h4-9,12,18H,3,10-11,14H2,1-2H3/b20-12-/t18-/m1/s1. The van der Waals surface area contributed by atoms with Crippen LogP contribution in [0, 0.1) is 11.3 Å². The Morgan fingerprint density at radius 1 is 1.20 bits per heavy atom. The van der Waals surface area contributed by atoms with Crippen LogP contribution in [0.4, 0.5) is 0 Å². The van der Waals surface area contributed by atoms with Crippen LogP contribution in [0.15, 0.2) is 57.5 Å². The summed E-state index contributed by atoms with van der Waals surface area (Å²) in [4.78, 5) is 38.8. The first-order chi connectivity index (χ1) is 16.6. The minimum absolute atomic E-state index is 0.0870. The lowest BCUT2D eigenvalue weighted by Gasteiger charge is -2.31. The monoisotopic (exact) mass is 494 g/mol. The van der Waals surface area contributed by atoms with Crippen molar-refractivity contribution in [3.05, 3.63) is 64.4 Å². The fourth-order valence-corrected chi connectivity index (χ4v) is 5.82. The van der Waals surface area contributed by atoms with Crippen LogP contribution < -0.4 is 0 Å². The summed E-state index contributed by atoms with van der Waals surface area (Å²) in [6, 6.07) is 11.0. The summed E-state index contributed by atoms with van der Waals surface area (Å²) in [6.45, 7) is 3.50. The van der Waals surface area contributed by atoms with Crippen molar-refractivity contribution < 1.29 is 32.0 Å². The van der Waals surface area contributed by atoms with E-state index in [1.807, 2.05) is 6.07 Å². The molecule has 2 aromatic rings. The smallest absolute Gasteiger partial charge is 0.338 e. The molecule has 1 aromatic heterocycles. The zero-order valence-corrected chi connectivity index (χ0v) is 19.9. The first-order valence-corrected chi connectivity index (χ1v) is 12.8. The van der Waals surface area contributed by atoms with E-state index in [2.05, 4.69) is 0 Å². The van der Waals surface area contributed by atoms with Gasteiger partial charge < -0.3 is 9.15 Å². The number of rotatable bonds is 5. The largest absolute Gasteiger partial charge is 0.462 e. The molecule has 4 rings (SSSR count). The van der Waals surface area contributed by atoms with Crippen LogP contribution in [0.1, 0.15) is 36.4 Å². The van der Waals surface area contributed by atoms with E-state index in [-0.39, 0.29) is 41.3 Å². The Morgan fingerprint density at radius 2 is 1.91 bits per heavy atom. The fraction of sp³-hybridized carbons (Fsp3) is 0.280. The van der Waals surface area contributed by atoms with Gasteiger partial charge in [0.25, 0.3) is 11.8 Å². The van der Waals surface area contributed by atoms with E-state index in [0.717, 1.165) is 4.90 Å². The average Bonchev–Trinajstić information content (AvgIpc) is 3.43. The number of hydrogen-bond donors (Lipinski definition) is 0. The SMILES string of the molecule is CCOC(=O)c1ccc(-c2ccc(/C=C3\C(=O)N([C@@H]4CCS(=O)(=O)C4)C(=O)C(C#N)=C3C)o2)cc1. The zero-order chi connectivity index (χ0) is 25.3. The molecular formula is C25H22N2O7S. The molecule has 2 amide bonds. The molecule has 0 spiro atoms. The predicted molar refractivity (Wildman–Crippen MR) is 125 cm³/mol. The molecule has 0 radical (unpaired) electrons. The number of nitriles is 1. The van der Waals surface area contributed by atoms with Gasteiger partial charge in [0.15, 0.2) is 9.84 Å². The molecule has 1 atom stereocenters. The second kappa shape index (κ2) is 9.35. The van der Waals surface area contributed by atoms with Crippen LogP contribution in [0.5, 0.6) is 0 Å². The van der Waals surface area contributed by atoms with E-state index in [4.69, 9.17) is 9.15 Å². The highest BCUT2D eigenvalue weighted by atomic mass is 32.2. The van der Waals surface area contributed by atoms with Gasteiger partial charge in [0, 0.05) is 11.1 Å². The third kappa shape index (κ3) is 4.68. The van der Waals surface area contributed by atoms with Gasteiger partial charge in [-0.2, -0.15) is 5.26 Å². The highest BCUT2D eigenvalue weighted by Crippen LogP contribution is 2.32. The van der Waals surface area contributed by atoms with Crippen LogP contribution in [-0.4, -0.2) is 55.3 Å². The molecule has 180 valence electrons. The van der Waals surface area contributed by atoms with Gasteiger partial charge in [-0.25, -0.2) is 13.2 Å². The van der Waals surface area contributed by atoms with E-state index < -0.39 is 33.7 Å². The second-order valence-corrected chi connectivity index (χ2v) is 10.4. The molecule has 1 aromatic carbocycles. The first kappa shape index (κ1) is 24.2. The maximum absolute atomic E-state index is 13.3. The average molecular weight is 495 g/mol. The molecular weight excluding hydrogens is 472 g/mol. The number of benzene rings is 1. The van der Waals surface area contributed by atoms with Crippen LogP contribution >= 0.6 is 0 Å². The minimum atomic E-state index is -3.36. The van der Waals surface area contributed by atoms with Gasteiger partial charge in [-0.1, -0.05) is 12.1 Å². The van der Waals surface area contributed by atoms with Crippen molar-refractivity contribution in [1.29, 1.82) is 5.26 Å². The Bertz CT molecular complexity index is 1420. The maximum Gasteiger partial charge on any atom is 0.338 e. The summed E-state index contributed by atoms with van der Waals surface area (Å²) >= 11 is 0. The van der Waals surface area contributed by atoms with Crippen molar-refractivity contribution in [3.8, 4) is 17.4 Å². The Hall–Kier alpha value is -3.97. The second-order valence-electron chi connectivity index (χ2n) is 8.21. The number of carbonyl (C=O) groups is 3. The number of esters is 1. The lowest BCUT2D eigenvalue weighted by atomic mass is 9.93. The molecule has 10 heteroatoms. The number of amides is 2. The Kier molecular flexibility index (Phi) is 6.45. The van der Waals surface area contributed by atoms with E-state index in [1.165, 1.54) is 13.0 Å². The molecule has 0 unspecified atom stereocenters. The molecule has 2 aliphatic heterocycles. The summed E-state index contributed by atoms with van der Waals surface area (Å²) < 4.78 is 34.7. The van der Waals surface area contributed by atoms with Gasteiger partial charge in [-0.3, -0.25) is 14.5 Å². The topological polar surface area (TPSA) is 135 Å². The molecule has 0 aliphatic carbocycles. The lowest BCUT2D eigenvalue weighted by Crippen LogP contribution is -2.49. The Labute approximate surface area is 202 Å². The predicted octanol–water partition coefficient (Wildman–Crippen LogP) is 2.90. The van der Waals surface area contributed by atoms with Crippen LogP contribution in [0.2, 0.25) is 0 Å². The minimum Gasteiger partial charge on any atom is -0.462 e. The van der Waals surface area contributed by atoms with Crippen molar-refractivity contribution in [1.82, 2.24) is 4.90 Å². The molecule has 0 N–H and O–H groups in total. The van der Waals surface area contributed by atoms with Gasteiger partial charge in [-0.05, 0) is 56.2 Å². The molecule has 1 fully saturated rings. The van der Waals surface area contributed by atoms with Gasteiger partial charge in [-0.15, -0.1) is 0 Å². The van der Waals surface area contributed by atoms with Crippen LogP contribution in [-0.2, 0) is 24.2 Å². The van der Waals surface area contributed by atoms with Gasteiger partial charge >= 0.3 is 5.97 Å². The lowest BCUT2D eigenvalue weighted by molar-refractivity contribution is -0.142. The molecule has 3 heterocycles. The summed E-state index contributed by atoms with van der Waals surface area (Å²) in [6.07, 6.45) is 1.58. The number of ether oxygens (including phenoxy) is 1. The number of nitrogens with zero attached hydrogens (tertiary/aromatic N) is 2. The van der Waals surface area contributed by atoms with Crippen molar-refractivity contribution in [2.75, 3.05) is 18.1 Å². The van der Waals surface area contributed by atoms with E-state index >= 15 is 0 Å². The number of carbonyl (C=O) groups excluding carboxylic acids is 3. The molecule has 1 saturated heterocycles. The van der Waals surface area contributed by atoms with Crippen LogP contribution in [0.25, 0.3) is 17.4 Å². The third-order valence-corrected chi connectivity index (χ3v) is 7.69. The number of sulfone groups is 1. The number of imide groups is 1. The molecule has 0 saturated carbocycles. The molecule has 35 heavy (non-hydrogen) atoms. The van der Waals surface area contributed by atoms with Gasteiger partial charge in [0.05, 0.1) is 29.7 Å². The third-order valence-electron chi connectivity index (χ3n) is 5.94. The Morgan fingerprint density at radius 3 is 2.51 bits per heavy atom. The summed E-state index contributed by atoms with van der Waals surface area (Å²) in [5, 5.41) is 9.54. The highest BCUT2D eigenvalue weighted by Gasteiger charge is 2.43. The van der Waals surface area contributed by atoms with E-state index in [1.54, 1.807) is 43.3 Å². The van der Waals surface area contributed by atoms with Crippen molar-refractivity contribution >= 4 is 33.7 Å². The van der Waals surface area contributed by atoms with Crippen LogP contribution in [0.3, 0.4) is 0 Å². The normalized spacial score (nSPS) is 20.9. The van der Waals surface area contributed by atoms with Gasteiger partial charge in [0.2, 0.25) is 0 Å². The highest BCUT2D eigenvalue weighted by molar-refractivity contribution is 7.91. The molecule has 0 bridgehead atoms. The maximum atomic E-state index is 13.3. The summed E-state index contributed by atoms with van der Waals surface area (Å²) in [7, 11) is -3.36. The van der Waals surface area contributed by atoms with Gasteiger partial charge in [0.1, 0.15) is 23.2 Å². The van der Waals surface area contributed by atoms with E-state index in [9.17, 15) is 28.1 Å². The first-order valence-electron chi connectivity index (χ1n) is 10.9. The zero-order valence-electron chi connectivity index (χ0n) is 19.1. The van der Waals surface area contributed by atoms with Crippen molar-refractivity contribution in [2.24, 2.45) is 0 Å². The molecule has 9 nitrogen and oxygen atoms in total. The van der Waals surface area contributed by atoms with Crippen molar-refractivity contribution in [2.45, 2.75) is 26.3 Å².